The molecule has 0 aliphatic rings. The molecule has 0 fully saturated rings. The maximum Gasteiger partial charge on any atom is 0.343 e. The molecular weight excluding hydrogens is 377 g/mol. The first-order chi connectivity index (χ1) is 11.5. The summed E-state index contributed by atoms with van der Waals surface area (Å²) < 4.78 is 20.9. The van der Waals surface area contributed by atoms with Crippen LogP contribution in [0.1, 0.15) is 15.9 Å². The summed E-state index contributed by atoms with van der Waals surface area (Å²) in [6.45, 7) is 0.430. The zero-order valence-electron chi connectivity index (χ0n) is 12.8. The minimum absolute atomic E-state index is 0.118. The van der Waals surface area contributed by atoms with Gasteiger partial charge in [0.25, 0.3) is 0 Å². The quantitative estimate of drug-likeness (QED) is 0.641. The summed E-state index contributed by atoms with van der Waals surface area (Å²) >= 11 is 3.38. The molecule has 1 heterocycles. The lowest BCUT2D eigenvalue weighted by atomic mass is 10.1. The minimum Gasteiger partial charge on any atom is -0.465 e. The van der Waals surface area contributed by atoms with Gasteiger partial charge in [-0.2, -0.15) is 0 Å². The lowest BCUT2D eigenvalue weighted by molar-refractivity contribution is 0.0598. The molecule has 0 spiro atoms. The van der Waals surface area contributed by atoms with Crippen molar-refractivity contribution in [1.82, 2.24) is 4.57 Å². The van der Waals surface area contributed by atoms with Crippen LogP contribution in [-0.4, -0.2) is 17.6 Å². The van der Waals surface area contributed by atoms with Gasteiger partial charge in [-0.05, 0) is 35.9 Å². The van der Waals surface area contributed by atoms with E-state index in [1.807, 2.05) is 24.3 Å². The zero-order chi connectivity index (χ0) is 17.3. The second-order valence-electron chi connectivity index (χ2n) is 5.28. The number of fused-ring (bicyclic) bond motifs is 1. The van der Waals surface area contributed by atoms with Gasteiger partial charge in [0.15, 0.2) is 0 Å². The van der Waals surface area contributed by atoms with Gasteiger partial charge in [-0.3, -0.25) is 4.79 Å². The van der Waals surface area contributed by atoms with Gasteiger partial charge in [-0.15, -0.1) is 0 Å². The number of rotatable bonds is 3. The smallest absolute Gasteiger partial charge is 0.343 e. The molecule has 24 heavy (non-hydrogen) atoms. The van der Waals surface area contributed by atoms with Gasteiger partial charge in [0.1, 0.15) is 11.4 Å². The molecule has 0 atom stereocenters. The number of halogens is 2. The molecular formula is C18H13BrFNO3. The van der Waals surface area contributed by atoms with Gasteiger partial charge >= 0.3 is 5.97 Å². The standard InChI is InChI=1S/C18H13BrFNO3/c1-24-18(23)15-10-21(9-11-2-4-12(19)5-3-11)16-7-6-13(20)8-14(16)17(15)22/h2-8,10H,9H2,1H3. The molecule has 0 amide bonds. The molecule has 0 saturated carbocycles. The van der Waals surface area contributed by atoms with E-state index in [1.165, 1.54) is 25.4 Å². The van der Waals surface area contributed by atoms with Crippen LogP contribution in [0.25, 0.3) is 10.9 Å². The fourth-order valence-electron chi connectivity index (χ4n) is 2.54. The van der Waals surface area contributed by atoms with E-state index in [0.717, 1.165) is 16.1 Å². The first-order valence-electron chi connectivity index (χ1n) is 7.15. The highest BCUT2D eigenvalue weighted by Crippen LogP contribution is 2.17. The number of hydrogen-bond donors (Lipinski definition) is 0. The fourth-order valence-corrected chi connectivity index (χ4v) is 2.81. The van der Waals surface area contributed by atoms with Crippen molar-refractivity contribution in [1.29, 1.82) is 0 Å². The zero-order valence-corrected chi connectivity index (χ0v) is 14.3. The lowest BCUT2D eigenvalue weighted by Crippen LogP contribution is -2.20. The Labute approximate surface area is 145 Å². The number of esters is 1. The molecule has 3 rings (SSSR count). The molecule has 0 unspecified atom stereocenters. The summed E-state index contributed by atoms with van der Waals surface area (Å²) in [5.41, 5.74) is 0.872. The van der Waals surface area contributed by atoms with Crippen LogP contribution < -0.4 is 5.43 Å². The van der Waals surface area contributed by atoms with Crippen molar-refractivity contribution >= 4 is 32.8 Å². The van der Waals surface area contributed by atoms with Crippen LogP contribution >= 0.6 is 15.9 Å². The Morgan fingerprint density at radius 2 is 1.92 bits per heavy atom. The average molecular weight is 390 g/mol. The maximum absolute atomic E-state index is 13.6. The van der Waals surface area contributed by atoms with Gasteiger partial charge < -0.3 is 9.30 Å². The van der Waals surface area contributed by atoms with Crippen molar-refractivity contribution < 1.29 is 13.9 Å². The van der Waals surface area contributed by atoms with Gasteiger partial charge in [0.2, 0.25) is 5.43 Å². The van der Waals surface area contributed by atoms with Crippen molar-refractivity contribution in [2.45, 2.75) is 6.54 Å². The van der Waals surface area contributed by atoms with Crippen LogP contribution in [0.5, 0.6) is 0 Å². The van der Waals surface area contributed by atoms with Crippen LogP contribution in [-0.2, 0) is 11.3 Å². The van der Waals surface area contributed by atoms with E-state index >= 15 is 0 Å². The van der Waals surface area contributed by atoms with Crippen LogP contribution in [0.3, 0.4) is 0 Å². The van der Waals surface area contributed by atoms with Crippen molar-refractivity contribution in [3.63, 3.8) is 0 Å². The molecule has 4 nitrogen and oxygen atoms in total. The molecule has 122 valence electrons. The molecule has 3 aromatic rings. The highest BCUT2D eigenvalue weighted by molar-refractivity contribution is 9.10. The second-order valence-corrected chi connectivity index (χ2v) is 6.19. The van der Waals surface area contributed by atoms with Gasteiger partial charge in [0.05, 0.1) is 12.6 Å². The summed E-state index contributed by atoms with van der Waals surface area (Å²) in [5, 5.41) is 0.148. The molecule has 0 radical (unpaired) electrons. The fraction of sp³-hybridized carbons (Fsp3) is 0.111. The van der Waals surface area contributed by atoms with E-state index < -0.39 is 17.2 Å². The van der Waals surface area contributed by atoms with E-state index in [2.05, 4.69) is 20.7 Å². The van der Waals surface area contributed by atoms with Crippen molar-refractivity contribution in [2.24, 2.45) is 0 Å². The Hall–Kier alpha value is -2.47. The Morgan fingerprint density at radius 3 is 2.58 bits per heavy atom. The normalized spacial score (nSPS) is 10.8. The van der Waals surface area contributed by atoms with Gasteiger partial charge in [-0.1, -0.05) is 28.1 Å². The molecule has 0 aliphatic heterocycles. The van der Waals surface area contributed by atoms with Gasteiger partial charge in [-0.25, -0.2) is 9.18 Å². The molecule has 0 saturated heterocycles. The predicted molar refractivity (Wildman–Crippen MR) is 92.7 cm³/mol. The van der Waals surface area contributed by atoms with Crippen molar-refractivity contribution in [3.8, 4) is 0 Å². The Bertz CT molecular complexity index is 980. The third-order valence-electron chi connectivity index (χ3n) is 3.71. The Morgan fingerprint density at radius 1 is 1.21 bits per heavy atom. The first-order valence-corrected chi connectivity index (χ1v) is 7.94. The third kappa shape index (κ3) is 3.10. The summed E-state index contributed by atoms with van der Waals surface area (Å²) in [6.07, 6.45) is 1.45. The number of methoxy groups -OCH3 is 1. The molecule has 2 aromatic carbocycles. The molecule has 6 heteroatoms. The highest BCUT2D eigenvalue weighted by atomic mass is 79.9. The lowest BCUT2D eigenvalue weighted by Gasteiger charge is -2.13. The molecule has 0 aliphatic carbocycles. The summed E-state index contributed by atoms with van der Waals surface area (Å²) in [4.78, 5) is 24.3. The molecule has 0 N–H and O–H groups in total. The summed E-state index contributed by atoms with van der Waals surface area (Å²) in [5.74, 6) is -1.27. The number of benzene rings is 2. The van der Waals surface area contributed by atoms with Crippen LogP contribution in [0.15, 0.2) is 57.9 Å². The summed E-state index contributed by atoms with van der Waals surface area (Å²) in [7, 11) is 1.20. The van der Waals surface area contributed by atoms with Gasteiger partial charge in [0, 0.05) is 22.6 Å². The topological polar surface area (TPSA) is 48.3 Å². The van der Waals surface area contributed by atoms with Crippen LogP contribution in [0.4, 0.5) is 4.39 Å². The molecule has 1 aromatic heterocycles. The number of carbonyl (C=O) groups excluding carboxylic acids is 1. The van der Waals surface area contributed by atoms with E-state index in [1.54, 1.807) is 4.57 Å². The number of pyridine rings is 1. The van der Waals surface area contributed by atoms with E-state index in [9.17, 15) is 14.0 Å². The maximum atomic E-state index is 13.6. The van der Waals surface area contributed by atoms with E-state index in [0.29, 0.717) is 12.1 Å². The second kappa shape index (κ2) is 6.57. The minimum atomic E-state index is -0.740. The Kier molecular flexibility index (Phi) is 4.49. The SMILES string of the molecule is COC(=O)c1cn(Cc2ccc(Br)cc2)c2ccc(F)cc2c1=O. The monoisotopic (exact) mass is 389 g/mol. The van der Waals surface area contributed by atoms with E-state index in [-0.39, 0.29) is 10.9 Å². The number of ether oxygens (including phenoxy) is 1. The predicted octanol–water partition coefficient (Wildman–Crippen LogP) is 3.74. The largest absolute Gasteiger partial charge is 0.465 e. The Balaban J connectivity index is 2.21. The van der Waals surface area contributed by atoms with Crippen LogP contribution in [0.2, 0.25) is 0 Å². The number of nitrogens with zero attached hydrogens (tertiary/aromatic N) is 1. The van der Waals surface area contributed by atoms with Crippen molar-refractivity contribution in [3.05, 3.63) is 80.3 Å². The molecule has 0 bridgehead atoms. The van der Waals surface area contributed by atoms with Crippen molar-refractivity contribution in [2.75, 3.05) is 7.11 Å². The summed E-state index contributed by atoms with van der Waals surface area (Å²) in [6, 6.07) is 11.6. The van der Waals surface area contributed by atoms with Crippen LogP contribution in [0, 0.1) is 5.82 Å². The first kappa shape index (κ1) is 16.4. The number of carbonyl (C=O) groups is 1. The average Bonchev–Trinajstić information content (AvgIpc) is 2.58. The van der Waals surface area contributed by atoms with E-state index in [4.69, 9.17) is 0 Å². The number of aromatic nitrogens is 1. The highest BCUT2D eigenvalue weighted by Gasteiger charge is 2.16. The third-order valence-corrected chi connectivity index (χ3v) is 4.24. The number of hydrogen-bond acceptors (Lipinski definition) is 3.